The first kappa shape index (κ1) is 16.2. The molecular weight excluding hydrogens is 325 g/mol. The Morgan fingerprint density at radius 3 is 2.76 bits per heavy atom. The summed E-state index contributed by atoms with van der Waals surface area (Å²) in [6.45, 7) is 2.18. The molecule has 1 aliphatic rings. The average Bonchev–Trinajstić information content (AvgIpc) is 2.41. The van der Waals surface area contributed by atoms with E-state index in [0.717, 1.165) is 16.4 Å². The maximum atomic E-state index is 13.7. The zero-order chi connectivity index (χ0) is 15.8. The first-order valence-corrected chi connectivity index (χ1v) is 7.89. The molecule has 0 amide bonds. The van der Waals surface area contributed by atoms with E-state index in [2.05, 4.69) is 0 Å². The average molecular weight is 338 g/mol. The molecule has 1 aromatic rings. The monoisotopic (exact) mass is 337 g/mol. The number of aromatic carboxylic acids is 1. The fraction of sp³-hybridized carbons (Fsp3) is 0.417. The van der Waals surface area contributed by atoms with Crippen LogP contribution in [0.3, 0.4) is 0 Å². The molecule has 2 rings (SSSR count). The van der Waals surface area contributed by atoms with E-state index in [0.29, 0.717) is 0 Å². The van der Waals surface area contributed by atoms with Gasteiger partial charge in [0.2, 0.25) is 10.0 Å². The molecule has 1 atom stereocenters. The summed E-state index contributed by atoms with van der Waals surface area (Å²) in [7, 11) is -4.00. The van der Waals surface area contributed by atoms with Crippen LogP contribution < -0.4 is 0 Å². The number of nitrogens with zero attached hydrogens (tertiary/aromatic N) is 1. The summed E-state index contributed by atoms with van der Waals surface area (Å²) in [5.41, 5.74) is -0.587. The molecule has 1 aromatic carbocycles. The van der Waals surface area contributed by atoms with E-state index in [4.69, 9.17) is 21.4 Å². The van der Waals surface area contributed by atoms with E-state index in [9.17, 15) is 17.6 Å². The third-order valence-electron chi connectivity index (χ3n) is 3.07. The Bertz CT molecular complexity index is 678. The van der Waals surface area contributed by atoms with Crippen LogP contribution in [0, 0.1) is 5.82 Å². The molecule has 9 heteroatoms. The fourth-order valence-corrected chi connectivity index (χ4v) is 3.75. The third-order valence-corrected chi connectivity index (χ3v) is 5.30. The molecule has 0 aliphatic carbocycles. The zero-order valence-electron chi connectivity index (χ0n) is 11.0. The number of hydrogen-bond donors (Lipinski definition) is 1. The molecule has 0 radical (unpaired) electrons. The van der Waals surface area contributed by atoms with E-state index >= 15 is 0 Å². The van der Waals surface area contributed by atoms with Crippen LogP contribution in [0.1, 0.15) is 17.3 Å². The third kappa shape index (κ3) is 3.18. The summed E-state index contributed by atoms with van der Waals surface area (Å²) in [4.78, 5) is 10.6. The molecule has 1 fully saturated rings. The minimum Gasteiger partial charge on any atom is -0.478 e. The van der Waals surface area contributed by atoms with E-state index < -0.39 is 37.3 Å². The van der Waals surface area contributed by atoms with E-state index in [-0.39, 0.29) is 25.8 Å². The second-order valence-corrected chi connectivity index (χ2v) is 6.93. The Balaban J connectivity index is 2.47. The summed E-state index contributed by atoms with van der Waals surface area (Å²) >= 11 is 5.53. The summed E-state index contributed by atoms with van der Waals surface area (Å²) in [5, 5.41) is 8.34. The van der Waals surface area contributed by atoms with Gasteiger partial charge in [-0.15, -0.1) is 0 Å². The van der Waals surface area contributed by atoms with E-state index in [1.54, 1.807) is 6.92 Å². The molecule has 0 aromatic heterocycles. The van der Waals surface area contributed by atoms with Crippen LogP contribution in [0.4, 0.5) is 4.39 Å². The minimum absolute atomic E-state index is 0.120. The number of sulfonamides is 1. The lowest BCUT2D eigenvalue weighted by atomic mass is 10.2. The Morgan fingerprint density at radius 1 is 1.52 bits per heavy atom. The van der Waals surface area contributed by atoms with Crippen molar-refractivity contribution < 1.29 is 27.4 Å². The van der Waals surface area contributed by atoms with Gasteiger partial charge in [-0.05, 0) is 19.1 Å². The first-order valence-electron chi connectivity index (χ1n) is 6.07. The number of benzene rings is 1. The van der Waals surface area contributed by atoms with Crippen molar-refractivity contribution in [1.82, 2.24) is 4.31 Å². The summed E-state index contributed by atoms with van der Waals surface area (Å²) in [5.74, 6) is -2.58. The van der Waals surface area contributed by atoms with Crippen LogP contribution in [0.2, 0.25) is 5.02 Å². The lowest BCUT2D eigenvalue weighted by Crippen LogP contribution is -2.44. The van der Waals surface area contributed by atoms with Crippen LogP contribution in [-0.4, -0.2) is 49.6 Å². The Kier molecular flexibility index (Phi) is 4.52. The Morgan fingerprint density at radius 2 is 2.19 bits per heavy atom. The lowest BCUT2D eigenvalue weighted by Gasteiger charge is -2.30. The van der Waals surface area contributed by atoms with Gasteiger partial charge < -0.3 is 9.84 Å². The van der Waals surface area contributed by atoms with Crippen molar-refractivity contribution in [3.63, 3.8) is 0 Å². The molecule has 1 saturated heterocycles. The first-order chi connectivity index (χ1) is 9.73. The topological polar surface area (TPSA) is 83.9 Å². The number of hydrogen-bond acceptors (Lipinski definition) is 4. The second kappa shape index (κ2) is 5.88. The van der Waals surface area contributed by atoms with Crippen LogP contribution >= 0.6 is 11.6 Å². The number of rotatable bonds is 3. The highest BCUT2D eigenvalue weighted by Crippen LogP contribution is 2.27. The summed E-state index contributed by atoms with van der Waals surface area (Å²) in [6.07, 6.45) is -0.287. The second-order valence-electron chi connectivity index (χ2n) is 4.62. The maximum Gasteiger partial charge on any atom is 0.337 e. The van der Waals surface area contributed by atoms with Crippen LogP contribution in [0.15, 0.2) is 17.0 Å². The van der Waals surface area contributed by atoms with Gasteiger partial charge in [-0.25, -0.2) is 17.6 Å². The SMILES string of the molecule is CC1CN(S(=O)(=O)c2cc(F)c(Cl)c(C(=O)O)c2)CCO1. The van der Waals surface area contributed by atoms with E-state index in [1.807, 2.05) is 0 Å². The number of carbonyl (C=O) groups is 1. The van der Waals surface area contributed by atoms with Gasteiger partial charge in [0.15, 0.2) is 0 Å². The van der Waals surface area contributed by atoms with Gasteiger partial charge in [0.25, 0.3) is 0 Å². The predicted octanol–water partition coefficient (Wildman–Crippen LogP) is 1.59. The molecule has 1 N–H and O–H groups in total. The summed E-state index contributed by atoms with van der Waals surface area (Å²) < 4.78 is 44.9. The highest BCUT2D eigenvalue weighted by molar-refractivity contribution is 7.89. The molecule has 0 spiro atoms. The Labute approximate surface area is 126 Å². The molecule has 6 nitrogen and oxygen atoms in total. The number of carboxylic acids is 1. The molecule has 1 unspecified atom stereocenters. The highest BCUT2D eigenvalue weighted by atomic mass is 35.5. The zero-order valence-corrected chi connectivity index (χ0v) is 12.6. The van der Waals surface area contributed by atoms with Gasteiger partial charge >= 0.3 is 5.97 Å². The highest BCUT2D eigenvalue weighted by Gasteiger charge is 2.31. The van der Waals surface area contributed by atoms with Crippen molar-refractivity contribution in [2.75, 3.05) is 19.7 Å². The minimum atomic E-state index is -4.00. The van der Waals surface area contributed by atoms with E-state index in [1.165, 1.54) is 0 Å². The van der Waals surface area contributed by atoms with Crippen molar-refractivity contribution in [2.45, 2.75) is 17.9 Å². The number of carboxylic acid groups (broad SMARTS) is 1. The van der Waals surface area contributed by atoms with Gasteiger partial charge in [0.05, 0.1) is 28.2 Å². The van der Waals surface area contributed by atoms with Crippen molar-refractivity contribution in [1.29, 1.82) is 0 Å². The van der Waals surface area contributed by atoms with Crippen molar-refractivity contribution in [2.24, 2.45) is 0 Å². The van der Waals surface area contributed by atoms with Gasteiger partial charge in [0.1, 0.15) is 5.82 Å². The van der Waals surface area contributed by atoms with Gasteiger partial charge in [0, 0.05) is 13.1 Å². The van der Waals surface area contributed by atoms with Crippen molar-refractivity contribution in [3.8, 4) is 0 Å². The van der Waals surface area contributed by atoms with Crippen LogP contribution in [0.25, 0.3) is 0 Å². The molecule has 1 heterocycles. The maximum absolute atomic E-state index is 13.7. The molecule has 21 heavy (non-hydrogen) atoms. The smallest absolute Gasteiger partial charge is 0.337 e. The standard InChI is InChI=1S/C12H13ClFNO5S/c1-7-6-15(2-3-20-7)21(18,19)8-4-9(12(16)17)11(13)10(14)5-8/h4-5,7H,2-3,6H2,1H3,(H,16,17). The normalized spacial score (nSPS) is 20.4. The van der Waals surface area contributed by atoms with Gasteiger partial charge in [-0.2, -0.15) is 4.31 Å². The number of morpholine rings is 1. The number of ether oxygens (including phenoxy) is 1. The molecule has 0 bridgehead atoms. The molecule has 0 saturated carbocycles. The van der Waals surface area contributed by atoms with Crippen molar-refractivity contribution in [3.05, 3.63) is 28.5 Å². The fourth-order valence-electron chi connectivity index (χ4n) is 2.02. The van der Waals surface area contributed by atoms with Gasteiger partial charge in [-0.1, -0.05) is 11.6 Å². The lowest BCUT2D eigenvalue weighted by molar-refractivity contribution is 0.0102. The predicted molar refractivity (Wildman–Crippen MR) is 72.5 cm³/mol. The molecular formula is C12H13ClFNO5S. The quantitative estimate of drug-likeness (QED) is 0.905. The molecule has 116 valence electrons. The van der Waals surface area contributed by atoms with Crippen molar-refractivity contribution >= 4 is 27.6 Å². The Hall–Kier alpha value is -1.22. The molecule has 1 aliphatic heterocycles. The largest absolute Gasteiger partial charge is 0.478 e. The van der Waals surface area contributed by atoms with Crippen LogP contribution in [-0.2, 0) is 14.8 Å². The summed E-state index contributed by atoms with van der Waals surface area (Å²) in [6, 6.07) is 1.59. The number of halogens is 2. The van der Waals surface area contributed by atoms with Crippen LogP contribution in [0.5, 0.6) is 0 Å². The van der Waals surface area contributed by atoms with Gasteiger partial charge in [-0.3, -0.25) is 0 Å².